The van der Waals surface area contributed by atoms with E-state index in [1.165, 1.54) is 52.1 Å². The molecule has 3 aliphatic rings. The largest absolute Gasteiger partial charge is 0.459 e. The molecule has 0 saturated heterocycles. The smallest absolute Gasteiger partial charge is 0.412 e. The monoisotopic (exact) mass is 860 g/mol. The van der Waals surface area contributed by atoms with Crippen LogP contribution in [0.2, 0.25) is 0 Å². The molecule has 12 nitrogen and oxygen atoms in total. The molecule has 2 aromatic rings. The molecule has 62 heavy (non-hydrogen) atoms. The zero-order valence-electron chi connectivity index (χ0n) is 37.6. The Balaban J connectivity index is 1.48. The Hall–Kier alpha value is -4.39. The second kappa shape index (κ2) is 25.7. The SMILES string of the molecule is C=CCOC12Oc3ccc(OC(=O)NCc4ccccc4)cc3C3C(CCCCO)C(CCCCO)C=C(C(=NOC)CC1N(C)C(=O)OCCCCCCCCCCCC)C32. The van der Waals surface area contributed by atoms with Crippen molar-refractivity contribution >= 4 is 17.9 Å². The zero-order valence-corrected chi connectivity index (χ0v) is 37.6. The van der Waals surface area contributed by atoms with Gasteiger partial charge >= 0.3 is 12.2 Å². The summed E-state index contributed by atoms with van der Waals surface area (Å²) in [6.45, 7) is 7.20. The van der Waals surface area contributed by atoms with E-state index >= 15 is 0 Å². The maximum atomic E-state index is 14.1. The Morgan fingerprint density at radius 1 is 0.935 bits per heavy atom. The van der Waals surface area contributed by atoms with Crippen LogP contribution in [0.15, 0.2) is 78.0 Å². The molecule has 0 bridgehead atoms. The first kappa shape index (κ1) is 48.6. The Kier molecular flexibility index (Phi) is 20.1. The predicted molar refractivity (Wildman–Crippen MR) is 242 cm³/mol. The molecule has 342 valence electrons. The van der Waals surface area contributed by atoms with Crippen molar-refractivity contribution in [3.8, 4) is 11.5 Å². The molecule has 6 unspecified atom stereocenters. The Morgan fingerprint density at radius 2 is 1.63 bits per heavy atom. The van der Waals surface area contributed by atoms with Crippen molar-refractivity contribution in [3.63, 3.8) is 0 Å². The van der Waals surface area contributed by atoms with Gasteiger partial charge in [-0.2, -0.15) is 0 Å². The quantitative estimate of drug-likeness (QED) is 0.0454. The lowest BCUT2D eigenvalue weighted by molar-refractivity contribution is -0.253. The second-order valence-electron chi connectivity index (χ2n) is 17.1. The summed E-state index contributed by atoms with van der Waals surface area (Å²) in [6, 6.07) is 14.4. The highest BCUT2D eigenvalue weighted by Gasteiger charge is 2.65. The van der Waals surface area contributed by atoms with Crippen molar-refractivity contribution in [2.24, 2.45) is 22.9 Å². The molecule has 1 heterocycles. The van der Waals surface area contributed by atoms with E-state index in [0.29, 0.717) is 43.2 Å². The Morgan fingerprint density at radius 3 is 2.31 bits per heavy atom. The van der Waals surface area contributed by atoms with Gasteiger partial charge in [0, 0.05) is 44.7 Å². The van der Waals surface area contributed by atoms with Crippen molar-refractivity contribution in [1.82, 2.24) is 10.2 Å². The number of fused-ring (bicyclic) bond motifs is 2. The number of benzene rings is 2. The van der Waals surface area contributed by atoms with Gasteiger partial charge in [0.15, 0.2) is 0 Å². The summed E-state index contributed by atoms with van der Waals surface area (Å²) in [7, 11) is 3.26. The third-order valence-corrected chi connectivity index (χ3v) is 12.8. The van der Waals surface area contributed by atoms with Crippen molar-refractivity contribution in [2.45, 2.75) is 140 Å². The van der Waals surface area contributed by atoms with E-state index in [2.05, 4.69) is 30.1 Å². The fraction of sp³-hybridized carbons (Fsp3) is 0.620. The van der Waals surface area contributed by atoms with Crippen LogP contribution in [0.4, 0.5) is 9.59 Å². The molecular formula is C50H73N3O9. The number of aliphatic hydroxyl groups excluding tert-OH is 2. The fourth-order valence-electron chi connectivity index (χ4n) is 9.79. The summed E-state index contributed by atoms with van der Waals surface area (Å²) < 4.78 is 25.9. The van der Waals surface area contributed by atoms with Crippen LogP contribution in [-0.4, -0.2) is 85.4 Å². The number of nitrogens with one attached hydrogen (secondary N) is 1. The number of oxime groups is 1. The van der Waals surface area contributed by atoms with Crippen LogP contribution in [0.3, 0.4) is 0 Å². The van der Waals surface area contributed by atoms with Gasteiger partial charge in [-0.3, -0.25) is 0 Å². The van der Waals surface area contributed by atoms with E-state index in [0.717, 1.165) is 61.6 Å². The number of hydrogen-bond acceptors (Lipinski definition) is 10. The van der Waals surface area contributed by atoms with Gasteiger partial charge in [0.05, 0.1) is 24.8 Å². The summed E-state index contributed by atoms with van der Waals surface area (Å²) in [5.41, 5.74) is 3.43. The Labute approximate surface area is 370 Å². The first-order valence-electron chi connectivity index (χ1n) is 23.3. The number of carbonyl (C=O) groups excluding carboxylic acids is 2. The molecule has 0 spiro atoms. The molecule has 6 atom stereocenters. The van der Waals surface area contributed by atoms with E-state index in [1.807, 2.05) is 42.5 Å². The van der Waals surface area contributed by atoms with Gasteiger partial charge in [-0.15, -0.1) is 6.58 Å². The third kappa shape index (κ3) is 12.8. The molecule has 1 fully saturated rings. The lowest BCUT2D eigenvalue weighted by Gasteiger charge is -2.59. The zero-order chi connectivity index (χ0) is 44.2. The van der Waals surface area contributed by atoms with Gasteiger partial charge < -0.3 is 44.2 Å². The van der Waals surface area contributed by atoms with E-state index in [-0.39, 0.29) is 44.0 Å². The van der Waals surface area contributed by atoms with Crippen LogP contribution in [0, 0.1) is 17.8 Å². The number of hydrogen-bond donors (Lipinski definition) is 3. The average molecular weight is 860 g/mol. The van der Waals surface area contributed by atoms with Crippen LogP contribution in [0.1, 0.15) is 133 Å². The van der Waals surface area contributed by atoms with Crippen LogP contribution < -0.4 is 14.8 Å². The number of carbonyl (C=O) groups is 2. The number of rotatable bonds is 27. The topological polar surface area (TPSA) is 148 Å². The van der Waals surface area contributed by atoms with E-state index in [9.17, 15) is 19.8 Å². The normalized spacial score (nSPS) is 23.0. The van der Waals surface area contributed by atoms with Gasteiger partial charge in [0.25, 0.3) is 0 Å². The summed E-state index contributed by atoms with van der Waals surface area (Å²) in [5.74, 6) is -1.09. The van der Waals surface area contributed by atoms with E-state index in [1.54, 1.807) is 24.1 Å². The summed E-state index contributed by atoms with van der Waals surface area (Å²) in [6.07, 6.45) is 19.6. The lowest BCUT2D eigenvalue weighted by Crippen LogP contribution is -2.69. The molecule has 2 aliphatic carbocycles. The van der Waals surface area contributed by atoms with Gasteiger partial charge in [-0.05, 0) is 73.3 Å². The highest BCUT2D eigenvalue weighted by atomic mass is 16.7. The molecule has 0 aromatic heterocycles. The number of unbranched alkanes of at least 4 members (excludes halogenated alkanes) is 11. The van der Waals surface area contributed by atoms with E-state index in [4.69, 9.17) is 23.8 Å². The average Bonchev–Trinajstić information content (AvgIpc) is 3.28. The van der Waals surface area contributed by atoms with Gasteiger partial charge in [0.1, 0.15) is 24.7 Å². The number of aliphatic hydroxyl groups is 2. The standard InChI is InChI=1S/C50H73N3O9/c1-5-7-8-9-10-11-12-13-14-22-32-59-49(57)53(3)45-35-43(52-58-4)41-33-38(25-18-20-29-54)40(26-19-21-30-55)46-42-34-39(61-48(56)51-36-37-23-16-15-17-24-37)27-28-44(42)62-50(45,47(41)46)60-31-6-2/h6,15-17,23-24,27-28,33-34,38,40,45-47,54-55H,2,5,7-14,18-22,25-26,29-32,35-36H2,1,3-4H3,(H,51,56). The molecule has 2 amide bonds. The van der Waals surface area contributed by atoms with Crippen LogP contribution in [0.5, 0.6) is 11.5 Å². The molecular weight excluding hydrogens is 787 g/mol. The van der Waals surface area contributed by atoms with Crippen molar-refractivity contribution in [2.75, 3.05) is 40.6 Å². The number of amides is 2. The summed E-state index contributed by atoms with van der Waals surface area (Å²) >= 11 is 0. The molecule has 12 heteroatoms. The minimum Gasteiger partial charge on any atom is -0.459 e. The maximum Gasteiger partial charge on any atom is 0.412 e. The first-order valence-corrected chi connectivity index (χ1v) is 23.3. The van der Waals surface area contributed by atoms with Gasteiger partial charge in [-0.1, -0.05) is 125 Å². The Bertz CT molecular complexity index is 1750. The molecule has 5 rings (SSSR count). The van der Waals surface area contributed by atoms with Crippen molar-refractivity contribution in [1.29, 1.82) is 0 Å². The predicted octanol–water partition coefficient (Wildman–Crippen LogP) is 10.2. The van der Waals surface area contributed by atoms with Crippen molar-refractivity contribution in [3.05, 3.63) is 84.0 Å². The molecule has 1 saturated carbocycles. The minimum atomic E-state index is -1.39. The van der Waals surface area contributed by atoms with Gasteiger partial charge in [-0.25, -0.2) is 9.59 Å². The molecule has 0 radical (unpaired) electrons. The van der Waals surface area contributed by atoms with Crippen molar-refractivity contribution < 1.29 is 43.6 Å². The number of nitrogens with zero attached hydrogens (tertiary/aromatic N) is 2. The molecule has 1 aliphatic heterocycles. The van der Waals surface area contributed by atoms with Crippen LogP contribution in [-0.2, 0) is 20.9 Å². The van der Waals surface area contributed by atoms with Gasteiger partial charge in [0.2, 0.25) is 5.79 Å². The number of likely N-dealkylation sites (N-methyl/N-ethyl adjacent to an activating group) is 1. The minimum absolute atomic E-state index is 0.0293. The number of allylic oxidation sites excluding steroid dienone is 1. The van der Waals surface area contributed by atoms with Crippen LogP contribution >= 0.6 is 0 Å². The molecule has 3 N–H and O–H groups in total. The lowest BCUT2D eigenvalue weighted by atomic mass is 9.55. The summed E-state index contributed by atoms with van der Waals surface area (Å²) in [5, 5.41) is 27.2. The molecule has 2 aromatic carbocycles. The highest BCUT2D eigenvalue weighted by molar-refractivity contribution is 6.02. The van der Waals surface area contributed by atoms with E-state index < -0.39 is 29.9 Å². The maximum absolute atomic E-state index is 14.1. The summed E-state index contributed by atoms with van der Waals surface area (Å²) in [4.78, 5) is 34.4. The van der Waals surface area contributed by atoms with Crippen LogP contribution in [0.25, 0.3) is 0 Å². The first-order chi connectivity index (χ1) is 30.3. The highest BCUT2D eigenvalue weighted by Crippen LogP contribution is 2.61. The third-order valence-electron chi connectivity index (χ3n) is 12.8. The fourth-order valence-corrected chi connectivity index (χ4v) is 9.79. The second-order valence-corrected chi connectivity index (χ2v) is 17.1. The number of ether oxygens (including phenoxy) is 4.